The Hall–Kier alpha value is -5.85. The number of aromatic nitrogens is 2. The third kappa shape index (κ3) is 5.00. The molecule has 4 aromatic rings. The number of nitrogens with two attached hydrogens (primary N) is 1. The van der Waals surface area contributed by atoms with Gasteiger partial charge in [0.05, 0.1) is 6.04 Å². The molecule has 13 nitrogen and oxygen atoms in total. The number of benzene rings is 2. The number of amides is 2. The number of amidine groups is 1. The molecule has 13 heteroatoms. The summed E-state index contributed by atoms with van der Waals surface area (Å²) in [5.74, 6) is 0.0115. The average Bonchev–Trinajstić information content (AvgIpc) is 3.75. The summed E-state index contributed by atoms with van der Waals surface area (Å²) in [7, 11) is 0. The molecule has 238 valence electrons. The van der Waals surface area contributed by atoms with Gasteiger partial charge in [-0.1, -0.05) is 38.1 Å². The van der Waals surface area contributed by atoms with Crippen molar-refractivity contribution in [1.82, 2.24) is 26.1 Å². The first-order valence-corrected chi connectivity index (χ1v) is 15.2. The minimum absolute atomic E-state index is 0.0305. The number of fused-ring (bicyclic) bond motifs is 2. The van der Waals surface area contributed by atoms with Crippen LogP contribution in [0.5, 0.6) is 0 Å². The molecule has 0 saturated carbocycles. The van der Waals surface area contributed by atoms with Gasteiger partial charge in [0.2, 0.25) is 5.88 Å². The van der Waals surface area contributed by atoms with Gasteiger partial charge in [0, 0.05) is 35.8 Å². The molecule has 5 N–H and O–H groups in total. The predicted molar refractivity (Wildman–Crippen MR) is 175 cm³/mol. The van der Waals surface area contributed by atoms with E-state index in [4.69, 9.17) is 10.6 Å². The summed E-state index contributed by atoms with van der Waals surface area (Å²) >= 11 is 0. The van der Waals surface area contributed by atoms with Crippen LogP contribution < -0.4 is 37.6 Å². The molecule has 3 aliphatic rings. The first-order valence-electron chi connectivity index (χ1n) is 15.2. The van der Waals surface area contributed by atoms with Crippen molar-refractivity contribution < 1.29 is 14.4 Å². The van der Waals surface area contributed by atoms with Crippen LogP contribution in [0.15, 0.2) is 69.8 Å². The van der Waals surface area contributed by atoms with Gasteiger partial charge in [0.25, 0.3) is 22.7 Å². The second-order valence-corrected chi connectivity index (χ2v) is 12.6. The molecule has 3 heterocycles. The highest BCUT2D eigenvalue weighted by molar-refractivity contribution is 6.01. The van der Waals surface area contributed by atoms with Gasteiger partial charge in [-0.25, -0.2) is 15.4 Å². The fourth-order valence-electron chi connectivity index (χ4n) is 6.70. The fraction of sp³-hybridized carbons (Fsp3) is 0.265. The average molecular weight is 633 g/mol. The van der Waals surface area contributed by atoms with Crippen LogP contribution in [-0.4, -0.2) is 34.2 Å². The highest BCUT2D eigenvalue weighted by Gasteiger charge is 2.39. The number of nitrogen functional groups attached to an aromatic ring is 1. The maximum Gasteiger partial charge on any atom is 0.270 e. The Balaban J connectivity index is 1.03. The number of nitrogens with one attached hydrogen (secondary N) is 3. The zero-order chi connectivity index (χ0) is 33.2. The van der Waals surface area contributed by atoms with E-state index in [0.29, 0.717) is 18.3 Å². The molecule has 0 fully saturated rings. The second-order valence-electron chi connectivity index (χ2n) is 12.6. The van der Waals surface area contributed by atoms with Crippen LogP contribution in [0.4, 0.5) is 17.1 Å². The number of anilines is 3. The Kier molecular flexibility index (Phi) is 6.92. The maximum absolute atomic E-state index is 13.3. The molecule has 1 atom stereocenters. The van der Waals surface area contributed by atoms with Crippen molar-refractivity contribution in [3.8, 4) is 0 Å². The third-order valence-electron chi connectivity index (χ3n) is 9.17. The topological polar surface area (TPSA) is 181 Å². The van der Waals surface area contributed by atoms with Gasteiger partial charge in [0.1, 0.15) is 29.1 Å². The summed E-state index contributed by atoms with van der Waals surface area (Å²) in [5.41, 5.74) is 14.1. The molecule has 0 bridgehead atoms. The van der Waals surface area contributed by atoms with Crippen molar-refractivity contribution in [3.63, 3.8) is 0 Å². The number of carbonyl (C=O) groups excluding carboxylic acids is 2. The van der Waals surface area contributed by atoms with E-state index in [1.54, 1.807) is 4.90 Å². The van der Waals surface area contributed by atoms with E-state index in [1.807, 2.05) is 37.3 Å². The highest BCUT2D eigenvalue weighted by atomic mass is 16.7. The molecular formula is C34H32N8O5. The highest BCUT2D eigenvalue weighted by Crippen LogP contribution is 2.45. The van der Waals surface area contributed by atoms with Gasteiger partial charge in [-0.3, -0.25) is 19.2 Å². The quantitative estimate of drug-likeness (QED) is 0.221. The zero-order valence-electron chi connectivity index (χ0n) is 26.1. The van der Waals surface area contributed by atoms with Crippen molar-refractivity contribution >= 4 is 34.7 Å². The van der Waals surface area contributed by atoms with Crippen molar-refractivity contribution in [2.45, 2.75) is 51.6 Å². The lowest BCUT2D eigenvalue weighted by molar-refractivity contribution is 0.0931. The van der Waals surface area contributed by atoms with Crippen LogP contribution in [0, 0.1) is 6.92 Å². The smallest absolute Gasteiger partial charge is 0.270 e. The summed E-state index contributed by atoms with van der Waals surface area (Å²) in [6, 6.07) is 10.8. The van der Waals surface area contributed by atoms with Gasteiger partial charge in [0.15, 0.2) is 5.84 Å². The number of hydrogen-bond acceptors (Lipinski definition) is 11. The monoisotopic (exact) mass is 632 g/mol. The Morgan fingerprint density at radius 1 is 1.11 bits per heavy atom. The number of nitrogens with zero attached hydrogens (tertiary/aromatic N) is 4. The molecule has 3 aromatic carbocycles. The Labute approximate surface area is 269 Å². The summed E-state index contributed by atoms with van der Waals surface area (Å²) in [6.45, 7) is 10.5. The van der Waals surface area contributed by atoms with Crippen LogP contribution in [0.25, 0.3) is 0 Å². The normalized spacial score (nSPS) is 17.5. The molecule has 0 unspecified atom stereocenters. The van der Waals surface area contributed by atoms with Gasteiger partial charge in [-0.05, 0) is 60.2 Å². The maximum atomic E-state index is 13.3. The minimum Gasteiger partial charge on any atom is -0.394 e. The lowest BCUT2D eigenvalue weighted by atomic mass is 9.86. The van der Waals surface area contributed by atoms with E-state index in [2.05, 4.69) is 51.5 Å². The van der Waals surface area contributed by atoms with Crippen LogP contribution in [0.3, 0.4) is 0 Å². The molecule has 2 aliphatic heterocycles. The SMILES string of the molecule is C=C1N=C(c2ccc3c(c2C)CC[C@@H]3NC(=O)c2cc(C(=O)NCc3ccc4c(c3)N(c3c(N)c(=O)c3=O)CC4(C)C)ncn2)NO1. The van der Waals surface area contributed by atoms with E-state index >= 15 is 0 Å². The van der Waals surface area contributed by atoms with Gasteiger partial charge < -0.3 is 26.1 Å². The number of hydrogen-bond donors (Lipinski definition) is 4. The standard InChI is InChI=1S/C34H32N8O5/c1-16-19-8-10-23(21(19)7-6-20(16)31-39-17(2)47-41-31)40-33(46)25-12-24(37-15-38-25)32(45)36-13-18-5-9-22-26(11-18)42(14-34(22,3)4)28-27(35)29(43)30(28)44/h5-7,9,11-12,15,23H,2,8,10,13-14,35H2,1,3-4H3,(H,36,45)(H,39,41)(H,40,46)/t23-/m0/s1. The lowest BCUT2D eigenvalue weighted by Crippen LogP contribution is -2.41. The molecule has 0 saturated heterocycles. The number of rotatable bonds is 7. The van der Waals surface area contributed by atoms with E-state index in [-0.39, 0.29) is 40.8 Å². The Morgan fingerprint density at radius 2 is 1.87 bits per heavy atom. The summed E-state index contributed by atoms with van der Waals surface area (Å²) in [5, 5.41) is 5.90. The third-order valence-corrected chi connectivity index (χ3v) is 9.17. The van der Waals surface area contributed by atoms with Crippen molar-refractivity contribution in [1.29, 1.82) is 0 Å². The van der Waals surface area contributed by atoms with E-state index in [1.165, 1.54) is 12.4 Å². The Morgan fingerprint density at radius 3 is 2.60 bits per heavy atom. The summed E-state index contributed by atoms with van der Waals surface area (Å²) in [6.07, 6.45) is 2.69. The molecular weight excluding hydrogens is 600 g/mol. The van der Waals surface area contributed by atoms with Crippen LogP contribution in [-0.2, 0) is 23.2 Å². The fourth-order valence-corrected chi connectivity index (χ4v) is 6.70. The predicted octanol–water partition coefficient (Wildman–Crippen LogP) is 2.49. The molecule has 47 heavy (non-hydrogen) atoms. The molecule has 0 spiro atoms. The lowest BCUT2D eigenvalue weighted by Gasteiger charge is -2.24. The first-order chi connectivity index (χ1) is 22.4. The summed E-state index contributed by atoms with van der Waals surface area (Å²) in [4.78, 5) is 69.9. The largest absolute Gasteiger partial charge is 0.394 e. The number of carbonyl (C=O) groups is 2. The van der Waals surface area contributed by atoms with Crippen LogP contribution in [0.1, 0.15) is 80.7 Å². The molecule has 0 radical (unpaired) electrons. The molecule has 2 amide bonds. The van der Waals surface area contributed by atoms with Gasteiger partial charge in [-0.2, -0.15) is 4.99 Å². The Bertz CT molecular complexity index is 2130. The minimum atomic E-state index is -0.666. The van der Waals surface area contributed by atoms with Gasteiger partial charge >= 0.3 is 0 Å². The molecule has 1 aromatic heterocycles. The molecule has 7 rings (SSSR count). The van der Waals surface area contributed by atoms with Crippen LogP contribution >= 0.6 is 0 Å². The zero-order valence-corrected chi connectivity index (χ0v) is 26.1. The van der Waals surface area contributed by atoms with E-state index in [0.717, 1.165) is 51.9 Å². The van der Waals surface area contributed by atoms with Crippen LogP contribution in [0.2, 0.25) is 0 Å². The summed E-state index contributed by atoms with van der Waals surface area (Å²) < 4.78 is 0. The van der Waals surface area contributed by atoms with Crippen molar-refractivity contribution in [2.75, 3.05) is 17.2 Å². The first kappa shape index (κ1) is 29.8. The van der Waals surface area contributed by atoms with Crippen molar-refractivity contribution in [2.24, 2.45) is 4.99 Å². The second kappa shape index (κ2) is 10.9. The van der Waals surface area contributed by atoms with Gasteiger partial charge in [-0.15, -0.1) is 0 Å². The van der Waals surface area contributed by atoms with Crippen molar-refractivity contribution in [3.05, 3.63) is 120 Å². The van der Waals surface area contributed by atoms with E-state index in [9.17, 15) is 19.2 Å². The van der Waals surface area contributed by atoms with E-state index < -0.39 is 22.7 Å². The molecule has 1 aliphatic carbocycles. The number of aliphatic imine (C=N–C) groups is 1. The number of hydroxylamine groups is 1.